The van der Waals surface area contributed by atoms with Crippen LogP contribution in [0.1, 0.15) is 85.0 Å². The molecule has 12 atom stereocenters. The normalized spacial score (nSPS) is 57.4. The van der Waals surface area contributed by atoms with Crippen molar-refractivity contribution < 1.29 is 14.3 Å². The van der Waals surface area contributed by atoms with Gasteiger partial charge in [-0.2, -0.15) is 5.26 Å². The Morgan fingerprint density at radius 2 is 1.88 bits per heavy atom. The zero-order chi connectivity index (χ0) is 23.3. The van der Waals surface area contributed by atoms with Gasteiger partial charge in [0.25, 0.3) is 0 Å². The maximum Gasteiger partial charge on any atom is 0.150 e. The third kappa shape index (κ3) is 3.15. The van der Waals surface area contributed by atoms with Crippen LogP contribution in [0.4, 0.5) is 4.39 Å². The molecule has 6 rings (SSSR count). The standard InChI is InChI=1S/C28H41FN2O2/c1-16-20-12-18(14-30)31(25(16)20)15-24(32)23-7-6-21-19-5-4-17-13-26(2,33)10-11-28(17,29)22(19)8-9-27(21,23)3/h16-23,25,33H,4-13,15H2,1-3H3/t16?,17-,18?,19+,20?,21+,22?,23-,25?,26-,27+,28-/m1/s1. The number of Topliss-reactive ketones (excluding diaryl/α,β-unsaturated/α-hetero) is 1. The highest BCUT2D eigenvalue weighted by Crippen LogP contribution is 2.66. The summed E-state index contributed by atoms with van der Waals surface area (Å²) in [5.41, 5.74) is -1.85. The second-order valence-electron chi connectivity index (χ2n) is 13.5. The van der Waals surface area contributed by atoms with Crippen LogP contribution in [0.25, 0.3) is 0 Å². The maximum absolute atomic E-state index is 16.6. The van der Waals surface area contributed by atoms with Crippen molar-refractivity contribution in [3.05, 3.63) is 0 Å². The first-order chi connectivity index (χ1) is 15.6. The zero-order valence-corrected chi connectivity index (χ0v) is 20.6. The Morgan fingerprint density at radius 3 is 2.64 bits per heavy atom. The second kappa shape index (κ2) is 7.26. The van der Waals surface area contributed by atoms with Gasteiger partial charge in [0, 0.05) is 12.0 Å². The number of hydrogen-bond donors (Lipinski definition) is 1. The lowest BCUT2D eigenvalue weighted by Crippen LogP contribution is -2.58. The van der Waals surface area contributed by atoms with Crippen molar-refractivity contribution >= 4 is 5.78 Å². The molecule has 0 aromatic heterocycles. The molecule has 5 unspecified atom stereocenters. The van der Waals surface area contributed by atoms with Crippen LogP contribution < -0.4 is 0 Å². The number of halogens is 1. The summed E-state index contributed by atoms with van der Waals surface area (Å²) in [6.07, 6.45) is 8.39. The molecule has 182 valence electrons. The first-order valence-corrected chi connectivity index (χ1v) is 13.7. The van der Waals surface area contributed by atoms with E-state index in [1.54, 1.807) is 0 Å². The highest BCUT2D eigenvalue weighted by Gasteiger charge is 2.64. The second-order valence-corrected chi connectivity index (χ2v) is 13.5. The summed E-state index contributed by atoms with van der Waals surface area (Å²) in [6, 6.07) is 2.79. The fourth-order valence-corrected chi connectivity index (χ4v) is 10.2. The van der Waals surface area contributed by atoms with Crippen molar-refractivity contribution in [3.8, 4) is 6.07 Å². The van der Waals surface area contributed by atoms with Crippen LogP contribution in [0.3, 0.4) is 0 Å². The van der Waals surface area contributed by atoms with Gasteiger partial charge in [0.1, 0.15) is 5.67 Å². The van der Waals surface area contributed by atoms with E-state index in [1.807, 2.05) is 6.92 Å². The molecule has 0 radical (unpaired) electrons. The van der Waals surface area contributed by atoms with Gasteiger partial charge in [-0.05, 0) is 112 Å². The van der Waals surface area contributed by atoms with Gasteiger partial charge < -0.3 is 5.11 Å². The van der Waals surface area contributed by atoms with E-state index in [9.17, 15) is 15.2 Å². The molecule has 1 heterocycles. The molecule has 4 nitrogen and oxygen atoms in total. The average Bonchev–Trinajstić information content (AvgIpc) is 3.08. The molecule has 1 aliphatic heterocycles. The smallest absolute Gasteiger partial charge is 0.150 e. The zero-order valence-electron chi connectivity index (χ0n) is 20.6. The molecule has 0 amide bonds. The summed E-state index contributed by atoms with van der Waals surface area (Å²) in [6.45, 7) is 6.91. The predicted molar refractivity (Wildman–Crippen MR) is 124 cm³/mol. The number of nitriles is 1. The molecule has 0 bridgehead atoms. The fraction of sp³-hybridized carbons (Fsp3) is 0.929. The van der Waals surface area contributed by atoms with Gasteiger partial charge in [-0.25, -0.2) is 4.39 Å². The number of hydrogen-bond acceptors (Lipinski definition) is 4. The fourth-order valence-electron chi connectivity index (χ4n) is 10.2. The molecule has 5 saturated carbocycles. The lowest BCUT2D eigenvalue weighted by atomic mass is 9.48. The van der Waals surface area contributed by atoms with Gasteiger partial charge in [0.2, 0.25) is 0 Å². The highest BCUT2D eigenvalue weighted by molar-refractivity contribution is 5.84. The molecule has 6 fully saturated rings. The average molecular weight is 457 g/mol. The van der Waals surface area contributed by atoms with Crippen LogP contribution in [0.2, 0.25) is 0 Å². The number of fused-ring (bicyclic) bond motifs is 6. The molecular weight excluding hydrogens is 415 g/mol. The Hall–Kier alpha value is -0.990. The van der Waals surface area contributed by atoms with Crippen LogP contribution >= 0.6 is 0 Å². The van der Waals surface area contributed by atoms with Crippen LogP contribution in [-0.4, -0.2) is 45.7 Å². The molecule has 5 aliphatic carbocycles. The van der Waals surface area contributed by atoms with E-state index in [0.29, 0.717) is 61.3 Å². The van der Waals surface area contributed by atoms with Gasteiger partial charge >= 0.3 is 0 Å². The van der Waals surface area contributed by atoms with Gasteiger partial charge in [0.05, 0.1) is 24.3 Å². The first kappa shape index (κ1) is 22.5. The predicted octanol–water partition coefficient (Wildman–Crippen LogP) is 4.90. The molecule has 33 heavy (non-hydrogen) atoms. The summed E-state index contributed by atoms with van der Waals surface area (Å²) in [5, 5.41) is 20.2. The minimum Gasteiger partial charge on any atom is -0.390 e. The molecule has 6 aliphatic rings. The van der Waals surface area contributed by atoms with Crippen molar-refractivity contribution in [3.63, 3.8) is 0 Å². The number of likely N-dealkylation sites (tertiary alicyclic amines) is 1. The summed E-state index contributed by atoms with van der Waals surface area (Å²) in [4.78, 5) is 15.9. The van der Waals surface area contributed by atoms with Crippen LogP contribution in [0.5, 0.6) is 0 Å². The van der Waals surface area contributed by atoms with Crippen LogP contribution in [0.15, 0.2) is 0 Å². The highest BCUT2D eigenvalue weighted by atomic mass is 19.1. The number of rotatable bonds is 3. The summed E-state index contributed by atoms with van der Waals surface area (Å²) in [5.74, 6) is 2.57. The topological polar surface area (TPSA) is 64.3 Å². The van der Waals surface area contributed by atoms with Crippen molar-refractivity contribution in [2.24, 2.45) is 46.8 Å². The summed E-state index contributed by atoms with van der Waals surface area (Å²) < 4.78 is 16.6. The van der Waals surface area contributed by atoms with E-state index in [-0.39, 0.29) is 29.2 Å². The van der Waals surface area contributed by atoms with Crippen molar-refractivity contribution in [1.82, 2.24) is 4.90 Å². The van der Waals surface area contributed by atoms with Crippen LogP contribution in [0, 0.1) is 58.2 Å². The minimum atomic E-state index is -1.12. The van der Waals surface area contributed by atoms with Crippen molar-refractivity contribution in [1.29, 1.82) is 5.26 Å². The summed E-state index contributed by atoms with van der Waals surface area (Å²) in [7, 11) is 0. The Labute approximate surface area is 198 Å². The van der Waals surface area contributed by atoms with Gasteiger partial charge in [0.15, 0.2) is 5.78 Å². The Bertz CT molecular complexity index is 884. The Balaban J connectivity index is 1.18. The van der Waals surface area contributed by atoms with Gasteiger partial charge in [-0.1, -0.05) is 13.8 Å². The van der Waals surface area contributed by atoms with Crippen LogP contribution in [-0.2, 0) is 4.79 Å². The number of alkyl halides is 1. The minimum absolute atomic E-state index is 0.00255. The monoisotopic (exact) mass is 456 g/mol. The molecule has 0 aromatic rings. The third-order valence-corrected chi connectivity index (χ3v) is 12.0. The Morgan fingerprint density at radius 1 is 1.09 bits per heavy atom. The number of ketones is 1. The molecule has 1 N–H and O–H groups in total. The first-order valence-electron chi connectivity index (χ1n) is 13.7. The largest absolute Gasteiger partial charge is 0.390 e. The molecule has 0 spiro atoms. The quantitative estimate of drug-likeness (QED) is 0.656. The summed E-state index contributed by atoms with van der Waals surface area (Å²) >= 11 is 0. The lowest BCUT2D eigenvalue weighted by Gasteiger charge is -2.59. The number of carbonyl (C=O) groups excluding carboxylic acids is 1. The number of piperidine rings is 1. The van der Waals surface area contributed by atoms with E-state index >= 15 is 4.39 Å². The van der Waals surface area contributed by atoms with E-state index in [0.717, 1.165) is 44.9 Å². The molecular formula is C28H41FN2O2. The molecule has 1 saturated heterocycles. The number of aliphatic hydroxyl groups is 1. The number of carbonyl (C=O) groups is 1. The maximum atomic E-state index is 16.6. The van der Waals surface area contributed by atoms with Gasteiger partial charge in [-0.3, -0.25) is 9.69 Å². The third-order valence-electron chi connectivity index (χ3n) is 12.0. The molecule has 0 aromatic carbocycles. The van der Waals surface area contributed by atoms with E-state index in [2.05, 4.69) is 24.8 Å². The molecule has 5 heteroatoms. The van der Waals surface area contributed by atoms with E-state index < -0.39 is 11.3 Å². The van der Waals surface area contributed by atoms with Gasteiger partial charge in [-0.15, -0.1) is 0 Å². The number of nitrogens with zero attached hydrogens (tertiary/aromatic N) is 2. The van der Waals surface area contributed by atoms with Crippen molar-refractivity contribution in [2.75, 3.05) is 6.54 Å². The van der Waals surface area contributed by atoms with E-state index in [1.165, 1.54) is 0 Å². The Kier molecular flexibility index (Phi) is 4.95. The van der Waals surface area contributed by atoms with E-state index in [4.69, 9.17) is 0 Å². The van der Waals surface area contributed by atoms with Crippen molar-refractivity contribution in [2.45, 2.75) is 108 Å². The SMILES string of the molecule is CC1C2CC(C#N)N(CC(=O)[C@H]3CC[C@H]4[C@@H]5CC[C@@H]6C[C@](C)(O)CC[C@]6(F)C5CC[C@]34C)C12. The lowest BCUT2D eigenvalue weighted by molar-refractivity contribution is -0.166.